The molecule has 0 amide bonds. The molecule has 90 valence electrons. The van der Waals surface area contributed by atoms with E-state index in [-0.39, 0.29) is 12.6 Å². The van der Waals surface area contributed by atoms with Crippen LogP contribution in [0.25, 0.3) is 0 Å². The molecule has 1 atom stereocenters. The summed E-state index contributed by atoms with van der Waals surface area (Å²) in [5.74, 6) is 0.340. The van der Waals surface area contributed by atoms with Gasteiger partial charge in [-0.15, -0.1) is 0 Å². The minimum Gasteiger partial charge on any atom is -0.507 e. The highest BCUT2D eigenvalue weighted by Crippen LogP contribution is 2.26. The number of phenolic OH excluding ortho intramolecular Hbond substituents is 1. The van der Waals surface area contributed by atoms with Gasteiger partial charge in [-0.2, -0.15) is 0 Å². The number of phenols is 1. The van der Waals surface area contributed by atoms with Gasteiger partial charge in [-0.05, 0) is 38.0 Å². The fourth-order valence-corrected chi connectivity index (χ4v) is 2.14. The lowest BCUT2D eigenvalue weighted by Crippen LogP contribution is -2.26. The predicted octanol–water partition coefficient (Wildman–Crippen LogP) is 2.32. The van der Waals surface area contributed by atoms with Gasteiger partial charge in [0.1, 0.15) is 5.75 Å². The molecule has 16 heavy (non-hydrogen) atoms. The van der Waals surface area contributed by atoms with Gasteiger partial charge in [0.15, 0.2) is 0 Å². The van der Waals surface area contributed by atoms with E-state index in [0.29, 0.717) is 18.7 Å². The van der Waals surface area contributed by atoms with Gasteiger partial charge in [0.25, 0.3) is 0 Å². The molecule has 0 aliphatic heterocycles. The van der Waals surface area contributed by atoms with Crippen LogP contribution in [0.3, 0.4) is 0 Å². The van der Waals surface area contributed by atoms with Crippen LogP contribution < -0.4 is 5.32 Å². The highest BCUT2D eigenvalue weighted by atomic mass is 79.9. The molecule has 0 fully saturated rings. The van der Waals surface area contributed by atoms with Crippen molar-refractivity contribution in [3.05, 3.63) is 27.7 Å². The van der Waals surface area contributed by atoms with E-state index in [4.69, 9.17) is 5.11 Å². The summed E-state index contributed by atoms with van der Waals surface area (Å²) in [5.41, 5.74) is 1.73. The number of halogens is 1. The van der Waals surface area contributed by atoms with Gasteiger partial charge < -0.3 is 15.5 Å². The lowest BCUT2D eigenvalue weighted by molar-refractivity contribution is 0.268. The molecule has 0 aliphatic carbocycles. The molecule has 0 saturated heterocycles. The van der Waals surface area contributed by atoms with Crippen molar-refractivity contribution in [2.24, 2.45) is 0 Å². The van der Waals surface area contributed by atoms with Crippen molar-refractivity contribution in [3.63, 3.8) is 0 Å². The Balaban J connectivity index is 2.66. The molecule has 0 aliphatic rings. The van der Waals surface area contributed by atoms with Crippen LogP contribution >= 0.6 is 15.9 Å². The van der Waals surface area contributed by atoms with Crippen LogP contribution in [0.5, 0.6) is 5.75 Å². The standard InChI is InChI=1S/C12H18BrNO2/c1-8-5-11(13)6-10(12(8)16)7-14-9(2)3-4-15/h5-6,9,14-16H,3-4,7H2,1-2H3. The van der Waals surface area contributed by atoms with Crippen molar-refractivity contribution in [2.75, 3.05) is 6.61 Å². The fourth-order valence-electron chi connectivity index (χ4n) is 1.52. The van der Waals surface area contributed by atoms with Crippen LogP contribution in [-0.2, 0) is 6.54 Å². The first-order chi connectivity index (χ1) is 7.54. The van der Waals surface area contributed by atoms with Crippen molar-refractivity contribution in [1.29, 1.82) is 0 Å². The summed E-state index contributed by atoms with van der Waals surface area (Å²) in [6, 6.07) is 4.03. The smallest absolute Gasteiger partial charge is 0.123 e. The van der Waals surface area contributed by atoms with Crippen LogP contribution in [0.1, 0.15) is 24.5 Å². The summed E-state index contributed by atoms with van der Waals surface area (Å²) < 4.78 is 0.967. The Morgan fingerprint density at radius 2 is 2.12 bits per heavy atom. The monoisotopic (exact) mass is 287 g/mol. The van der Waals surface area contributed by atoms with E-state index in [2.05, 4.69) is 21.2 Å². The average molecular weight is 288 g/mol. The third kappa shape index (κ3) is 3.77. The molecule has 0 bridgehead atoms. The van der Waals surface area contributed by atoms with Gasteiger partial charge in [-0.1, -0.05) is 15.9 Å². The highest BCUT2D eigenvalue weighted by molar-refractivity contribution is 9.10. The van der Waals surface area contributed by atoms with Gasteiger partial charge in [0.2, 0.25) is 0 Å². The molecule has 3 nitrogen and oxygen atoms in total. The van der Waals surface area contributed by atoms with Crippen molar-refractivity contribution < 1.29 is 10.2 Å². The van der Waals surface area contributed by atoms with E-state index >= 15 is 0 Å². The van der Waals surface area contributed by atoms with E-state index in [1.165, 1.54) is 0 Å². The van der Waals surface area contributed by atoms with E-state index in [1.54, 1.807) is 0 Å². The van der Waals surface area contributed by atoms with Crippen LogP contribution in [0.2, 0.25) is 0 Å². The molecule has 0 radical (unpaired) electrons. The number of nitrogens with one attached hydrogen (secondary N) is 1. The topological polar surface area (TPSA) is 52.5 Å². The number of benzene rings is 1. The number of aryl methyl sites for hydroxylation is 1. The maximum atomic E-state index is 9.85. The van der Waals surface area contributed by atoms with Crippen molar-refractivity contribution in [2.45, 2.75) is 32.9 Å². The highest BCUT2D eigenvalue weighted by Gasteiger charge is 2.07. The largest absolute Gasteiger partial charge is 0.507 e. The maximum absolute atomic E-state index is 9.85. The quantitative estimate of drug-likeness (QED) is 0.779. The second-order valence-corrected chi connectivity index (χ2v) is 4.94. The summed E-state index contributed by atoms with van der Waals surface area (Å²) in [4.78, 5) is 0. The Kier molecular flexibility index (Phi) is 5.25. The number of aromatic hydroxyl groups is 1. The second kappa shape index (κ2) is 6.23. The summed E-state index contributed by atoms with van der Waals surface area (Å²) in [7, 11) is 0. The molecule has 1 rings (SSSR count). The summed E-state index contributed by atoms with van der Waals surface area (Å²) >= 11 is 3.41. The summed E-state index contributed by atoms with van der Waals surface area (Å²) in [6.07, 6.45) is 0.716. The number of aliphatic hydroxyl groups is 1. The zero-order valence-corrected chi connectivity index (χ0v) is 11.2. The zero-order valence-electron chi connectivity index (χ0n) is 9.63. The first-order valence-corrected chi connectivity index (χ1v) is 6.16. The molecule has 3 N–H and O–H groups in total. The Hall–Kier alpha value is -0.580. The number of aliphatic hydroxyl groups excluding tert-OH is 1. The lowest BCUT2D eigenvalue weighted by Gasteiger charge is -2.14. The van der Waals surface area contributed by atoms with Crippen molar-refractivity contribution >= 4 is 15.9 Å². The van der Waals surface area contributed by atoms with Crippen molar-refractivity contribution in [1.82, 2.24) is 5.32 Å². The molecule has 0 saturated carbocycles. The summed E-state index contributed by atoms with van der Waals surface area (Å²) in [6.45, 7) is 4.67. The van der Waals surface area contributed by atoms with Crippen LogP contribution in [0, 0.1) is 6.92 Å². The van der Waals surface area contributed by atoms with E-state index in [1.807, 2.05) is 26.0 Å². The predicted molar refractivity (Wildman–Crippen MR) is 68.5 cm³/mol. The molecule has 1 aromatic carbocycles. The third-order valence-electron chi connectivity index (χ3n) is 2.55. The number of rotatable bonds is 5. The number of hydrogen-bond donors (Lipinski definition) is 3. The SMILES string of the molecule is Cc1cc(Br)cc(CNC(C)CCO)c1O. The van der Waals surface area contributed by atoms with Crippen molar-refractivity contribution in [3.8, 4) is 5.75 Å². The van der Waals surface area contributed by atoms with Gasteiger partial charge >= 0.3 is 0 Å². The van der Waals surface area contributed by atoms with Crippen LogP contribution in [-0.4, -0.2) is 22.9 Å². The van der Waals surface area contributed by atoms with E-state index in [0.717, 1.165) is 15.6 Å². The molecule has 0 aromatic heterocycles. The molecule has 0 heterocycles. The molecule has 0 spiro atoms. The maximum Gasteiger partial charge on any atom is 0.123 e. The Morgan fingerprint density at radius 1 is 1.44 bits per heavy atom. The molecule has 4 heteroatoms. The Bertz CT molecular complexity index is 355. The van der Waals surface area contributed by atoms with E-state index in [9.17, 15) is 5.11 Å². The third-order valence-corrected chi connectivity index (χ3v) is 3.01. The molecule has 1 aromatic rings. The second-order valence-electron chi connectivity index (χ2n) is 4.02. The summed E-state index contributed by atoms with van der Waals surface area (Å²) in [5, 5.41) is 21.9. The Labute approximate surface area is 105 Å². The van der Waals surface area contributed by atoms with Crippen LogP contribution in [0.4, 0.5) is 0 Å². The minimum atomic E-state index is 0.178. The fraction of sp³-hybridized carbons (Fsp3) is 0.500. The zero-order chi connectivity index (χ0) is 12.1. The van der Waals surface area contributed by atoms with E-state index < -0.39 is 0 Å². The van der Waals surface area contributed by atoms with Gasteiger partial charge in [-0.3, -0.25) is 0 Å². The van der Waals surface area contributed by atoms with Gasteiger partial charge in [0.05, 0.1) is 0 Å². The molecular weight excluding hydrogens is 270 g/mol. The number of hydrogen-bond acceptors (Lipinski definition) is 3. The average Bonchev–Trinajstić information content (AvgIpc) is 2.21. The van der Waals surface area contributed by atoms with Gasteiger partial charge in [0, 0.05) is 29.2 Å². The lowest BCUT2D eigenvalue weighted by atomic mass is 10.1. The Morgan fingerprint density at radius 3 is 2.75 bits per heavy atom. The van der Waals surface area contributed by atoms with Gasteiger partial charge in [-0.25, -0.2) is 0 Å². The van der Waals surface area contributed by atoms with Crippen LogP contribution in [0.15, 0.2) is 16.6 Å². The molecular formula is C12H18BrNO2. The normalized spacial score (nSPS) is 12.8. The first-order valence-electron chi connectivity index (χ1n) is 5.36. The minimum absolute atomic E-state index is 0.178. The first kappa shape index (κ1) is 13.5. The molecule has 1 unspecified atom stereocenters.